The van der Waals surface area contributed by atoms with Crippen molar-refractivity contribution in [2.45, 2.75) is 39.0 Å². The van der Waals surface area contributed by atoms with Crippen LogP contribution in [0.2, 0.25) is 0 Å². The van der Waals surface area contributed by atoms with E-state index < -0.39 is 60.4 Å². The Balaban J connectivity index is 1.22. The summed E-state index contributed by atoms with van der Waals surface area (Å²) in [6.07, 6.45) is 0. The third-order valence-corrected chi connectivity index (χ3v) is 13.2. The van der Waals surface area contributed by atoms with Crippen LogP contribution in [-0.2, 0) is 5.41 Å². The van der Waals surface area contributed by atoms with Crippen molar-refractivity contribution in [1.29, 1.82) is 0 Å². The molecule has 0 saturated carbocycles. The van der Waals surface area contributed by atoms with E-state index in [1.807, 2.05) is 18.2 Å². The Hall–Kier alpha value is -6.78. The molecule has 0 radical (unpaired) electrons. The first kappa shape index (κ1) is 24.1. The summed E-state index contributed by atoms with van der Waals surface area (Å²) in [4.78, 5) is 1.26. The predicted molar refractivity (Wildman–Crippen MR) is 246 cm³/mol. The molecule has 58 heavy (non-hydrogen) atoms. The minimum absolute atomic E-state index is 0.103. The van der Waals surface area contributed by atoms with Gasteiger partial charge < -0.3 is 14.0 Å². The zero-order valence-corrected chi connectivity index (χ0v) is 32.3. The maximum atomic E-state index is 9.22. The van der Waals surface area contributed by atoms with Crippen molar-refractivity contribution in [3.63, 3.8) is 0 Å². The number of fused-ring (bicyclic) bond motifs is 15. The lowest BCUT2D eigenvalue weighted by atomic mass is 9.34. The van der Waals surface area contributed by atoms with Gasteiger partial charge in [0.15, 0.2) is 0 Å². The first-order valence-corrected chi connectivity index (χ1v) is 19.9. The van der Waals surface area contributed by atoms with E-state index in [9.17, 15) is 5.48 Å². The van der Waals surface area contributed by atoms with Crippen LogP contribution in [0.4, 0.5) is 17.1 Å². The highest BCUT2D eigenvalue weighted by molar-refractivity contribution is 7.00. The Morgan fingerprint density at radius 2 is 1.14 bits per heavy atom. The number of nitrogens with zero attached hydrogens (tertiary/aromatic N) is 3. The van der Waals surface area contributed by atoms with Crippen LogP contribution >= 0.6 is 0 Å². The smallest absolute Gasteiger partial charge is 0.252 e. The zero-order chi connectivity index (χ0) is 47.3. The topological polar surface area (TPSA) is 13.1 Å². The van der Waals surface area contributed by atoms with E-state index in [0.29, 0.717) is 0 Å². The fraction of sp³-hybridized carbons (Fsp3) is 0.111. The molecule has 274 valence electrons. The van der Waals surface area contributed by atoms with Gasteiger partial charge in [-0.05, 0) is 105 Å². The highest BCUT2D eigenvalue weighted by Gasteiger charge is 2.45. The van der Waals surface area contributed by atoms with Gasteiger partial charge in [-0.2, -0.15) is 0 Å². The van der Waals surface area contributed by atoms with Crippen molar-refractivity contribution in [1.82, 2.24) is 9.13 Å². The molecule has 1 aliphatic carbocycles. The molecule has 0 amide bonds. The van der Waals surface area contributed by atoms with Crippen molar-refractivity contribution >= 4 is 83.8 Å². The van der Waals surface area contributed by atoms with Gasteiger partial charge in [-0.25, -0.2) is 0 Å². The molecular formula is C54H40BN3. The summed E-state index contributed by atoms with van der Waals surface area (Å²) < 4.78 is 93.5. The fourth-order valence-electron chi connectivity index (χ4n) is 11.0. The zero-order valence-electron chi connectivity index (χ0n) is 42.3. The molecule has 2 aliphatic heterocycles. The number of hydrogen-bond donors (Lipinski definition) is 0. The third-order valence-electron chi connectivity index (χ3n) is 13.2. The highest BCUT2D eigenvalue weighted by Crippen LogP contribution is 2.51. The van der Waals surface area contributed by atoms with Crippen LogP contribution < -0.4 is 21.3 Å². The average molecular weight is 752 g/mol. The van der Waals surface area contributed by atoms with E-state index in [-0.39, 0.29) is 35.1 Å². The van der Waals surface area contributed by atoms with Crippen LogP contribution in [0.25, 0.3) is 66.1 Å². The summed E-state index contributed by atoms with van der Waals surface area (Å²) >= 11 is 0. The van der Waals surface area contributed by atoms with Crippen LogP contribution in [0.3, 0.4) is 0 Å². The lowest BCUT2D eigenvalue weighted by Crippen LogP contribution is -2.59. The van der Waals surface area contributed by atoms with Gasteiger partial charge in [0.05, 0.1) is 35.8 Å². The van der Waals surface area contributed by atoms with Crippen molar-refractivity contribution in [2.24, 2.45) is 0 Å². The predicted octanol–water partition coefficient (Wildman–Crippen LogP) is 11.9. The lowest BCUT2D eigenvalue weighted by Gasteiger charge is -2.35. The van der Waals surface area contributed by atoms with Crippen LogP contribution in [0.1, 0.15) is 64.0 Å². The number of hydrogen-bond acceptors (Lipinski definition) is 1. The second kappa shape index (κ2) is 11.2. The van der Waals surface area contributed by atoms with E-state index in [4.69, 9.17) is 8.22 Å². The highest BCUT2D eigenvalue weighted by atomic mass is 15.1. The Morgan fingerprint density at radius 3 is 1.76 bits per heavy atom. The largest absolute Gasteiger partial charge is 0.310 e. The summed E-state index contributed by atoms with van der Waals surface area (Å²) in [5, 5.41) is 4.63. The van der Waals surface area contributed by atoms with Crippen LogP contribution in [0.5, 0.6) is 0 Å². The molecule has 0 unspecified atom stereocenters. The number of anilines is 3. The molecule has 10 aromatic rings. The Kier molecular flexibility index (Phi) is 4.66. The van der Waals surface area contributed by atoms with Gasteiger partial charge in [0.25, 0.3) is 6.71 Å². The second-order valence-electron chi connectivity index (χ2n) is 16.7. The molecule has 8 aromatic carbocycles. The molecular weight excluding hydrogens is 701 g/mol. The summed E-state index contributed by atoms with van der Waals surface area (Å²) in [6, 6.07) is 30.4. The van der Waals surface area contributed by atoms with E-state index in [2.05, 4.69) is 116 Å². The second-order valence-corrected chi connectivity index (χ2v) is 16.7. The summed E-state index contributed by atoms with van der Waals surface area (Å²) in [6.45, 7) is 8.80. The summed E-state index contributed by atoms with van der Waals surface area (Å²) in [7, 11) is 0. The average Bonchev–Trinajstić information content (AvgIpc) is 3.95. The lowest BCUT2D eigenvalue weighted by molar-refractivity contribution is 0.661. The quantitative estimate of drug-likeness (QED) is 0.163. The van der Waals surface area contributed by atoms with Gasteiger partial charge in [0.2, 0.25) is 0 Å². The molecule has 0 saturated heterocycles. The van der Waals surface area contributed by atoms with Crippen molar-refractivity contribution in [3.8, 4) is 22.5 Å². The minimum atomic E-state index is -0.611. The van der Waals surface area contributed by atoms with E-state index in [0.717, 1.165) is 55.1 Å². The van der Waals surface area contributed by atoms with Crippen LogP contribution in [0.15, 0.2) is 164 Å². The van der Waals surface area contributed by atoms with Gasteiger partial charge in [-0.1, -0.05) is 137 Å². The van der Waals surface area contributed by atoms with E-state index in [1.54, 1.807) is 6.07 Å². The Bertz CT molecular complexity index is 3890. The number of para-hydroxylation sites is 4. The molecule has 4 heterocycles. The van der Waals surface area contributed by atoms with Gasteiger partial charge in [-0.3, -0.25) is 0 Å². The molecule has 4 heteroatoms. The SMILES string of the molecule is [2H]c1c([2H])c([2H])c(N(c2ccc3c(c2)-n2c4ccccc4c4c(C(C)C)c5c6ccccc6n6c5c(c42)B3c2cc3c(cc2-6)-c2ccccc2C3(C)C)c2c([2H])c([2H])c([2H])c([2H])c2[2H])c([2H])c1[2H]. The van der Waals surface area contributed by atoms with E-state index >= 15 is 0 Å². The molecule has 0 N–H and O–H groups in total. The molecule has 0 spiro atoms. The maximum absolute atomic E-state index is 9.22. The number of aromatic nitrogens is 2. The van der Waals surface area contributed by atoms with Gasteiger partial charge in [0.1, 0.15) is 0 Å². The Labute approximate surface area is 352 Å². The standard InChI is InChI=1S/C54H40BN3/c1-32(2)48-49-37-22-12-15-25-44(37)57-46-29-35(56(33-17-7-5-8-18-33)34-19-9-6-10-20-34)27-28-42(46)55-43-31-41-39(36-21-11-14-24-40(36)54(41,3)4)30-47(43)58-45-26-16-13-23-38(45)50(48)53(58)51(55)52(49)57/h5-32H,1-4H3/i5D,6D,7D,8D,9D,10D,17D,18D,19D,20D. The monoisotopic (exact) mass is 751 g/mol. The number of rotatable bonds is 4. The first-order chi connectivity index (χ1) is 32.6. The molecule has 2 aromatic heterocycles. The molecule has 3 aliphatic rings. The van der Waals surface area contributed by atoms with Crippen molar-refractivity contribution < 1.29 is 13.7 Å². The van der Waals surface area contributed by atoms with Gasteiger partial charge in [0, 0.05) is 55.4 Å². The molecule has 13 rings (SSSR count). The molecule has 0 atom stereocenters. The molecule has 3 nitrogen and oxygen atoms in total. The van der Waals surface area contributed by atoms with Gasteiger partial charge in [-0.15, -0.1) is 0 Å². The van der Waals surface area contributed by atoms with Gasteiger partial charge >= 0.3 is 0 Å². The first-order valence-electron chi connectivity index (χ1n) is 24.9. The minimum Gasteiger partial charge on any atom is -0.310 e. The van der Waals surface area contributed by atoms with Crippen LogP contribution in [0, 0.1) is 0 Å². The third kappa shape index (κ3) is 3.90. The summed E-state index contributed by atoms with van der Waals surface area (Å²) in [5.74, 6) is 0.103. The van der Waals surface area contributed by atoms with Crippen LogP contribution in [-0.4, -0.2) is 15.8 Å². The molecule has 0 bridgehead atoms. The maximum Gasteiger partial charge on any atom is 0.252 e. The van der Waals surface area contributed by atoms with E-state index in [1.165, 1.54) is 49.0 Å². The number of benzene rings is 8. The van der Waals surface area contributed by atoms with Crippen molar-refractivity contribution in [3.05, 3.63) is 180 Å². The normalized spacial score (nSPS) is 16.5. The van der Waals surface area contributed by atoms with Crippen molar-refractivity contribution in [2.75, 3.05) is 4.90 Å². The Morgan fingerprint density at radius 1 is 0.569 bits per heavy atom. The summed E-state index contributed by atoms with van der Waals surface area (Å²) in [5.41, 5.74) is 14.9. The molecule has 0 fully saturated rings. The fourth-order valence-corrected chi connectivity index (χ4v) is 11.0.